The lowest BCUT2D eigenvalue weighted by Crippen LogP contribution is -2.43. The van der Waals surface area contributed by atoms with E-state index in [1.807, 2.05) is 12.5 Å². The minimum atomic E-state index is -0.218. The van der Waals surface area contributed by atoms with Crippen LogP contribution in [0.25, 0.3) is 0 Å². The van der Waals surface area contributed by atoms with Gasteiger partial charge in [0.05, 0.1) is 38.3 Å². The van der Waals surface area contributed by atoms with Gasteiger partial charge in [0.25, 0.3) is 0 Å². The number of aromatic nitrogens is 2. The Kier molecular flexibility index (Phi) is 5.14. The molecule has 112 valence electrons. The number of imidazole rings is 1. The molecule has 1 fully saturated rings. The van der Waals surface area contributed by atoms with Gasteiger partial charge in [-0.15, -0.1) is 0 Å². The average molecular weight is 281 g/mol. The Labute approximate surface area is 119 Å². The SMILES string of the molecule is COC(=O)CC1CN(Cc2cncn2C(C)C)CCO1. The molecule has 0 aromatic carbocycles. The topological polar surface area (TPSA) is 56.6 Å². The van der Waals surface area contributed by atoms with Crippen molar-refractivity contribution in [3.63, 3.8) is 0 Å². The molecule has 0 N–H and O–H groups in total. The number of morpholine rings is 1. The number of rotatable bonds is 5. The van der Waals surface area contributed by atoms with Crippen LogP contribution in [0.15, 0.2) is 12.5 Å². The van der Waals surface area contributed by atoms with E-state index >= 15 is 0 Å². The Balaban J connectivity index is 1.92. The van der Waals surface area contributed by atoms with Gasteiger partial charge < -0.3 is 14.0 Å². The summed E-state index contributed by atoms with van der Waals surface area (Å²) in [4.78, 5) is 17.8. The van der Waals surface area contributed by atoms with Crippen LogP contribution in [0.2, 0.25) is 0 Å². The van der Waals surface area contributed by atoms with Crippen LogP contribution in [0.4, 0.5) is 0 Å². The van der Waals surface area contributed by atoms with Crippen molar-refractivity contribution < 1.29 is 14.3 Å². The van der Waals surface area contributed by atoms with Gasteiger partial charge in [-0.3, -0.25) is 9.69 Å². The number of carbonyl (C=O) groups is 1. The highest BCUT2D eigenvalue weighted by Gasteiger charge is 2.24. The molecule has 20 heavy (non-hydrogen) atoms. The highest BCUT2D eigenvalue weighted by Crippen LogP contribution is 2.15. The lowest BCUT2D eigenvalue weighted by molar-refractivity contribution is -0.145. The summed E-state index contributed by atoms with van der Waals surface area (Å²) in [6, 6.07) is 0.402. The molecule has 2 heterocycles. The van der Waals surface area contributed by atoms with Gasteiger partial charge in [0.15, 0.2) is 0 Å². The summed E-state index contributed by atoms with van der Waals surface area (Å²) in [7, 11) is 1.41. The maximum absolute atomic E-state index is 11.3. The van der Waals surface area contributed by atoms with Crippen LogP contribution in [0.3, 0.4) is 0 Å². The zero-order valence-electron chi connectivity index (χ0n) is 12.4. The third kappa shape index (κ3) is 3.80. The Bertz CT molecular complexity index is 445. The van der Waals surface area contributed by atoms with E-state index in [-0.39, 0.29) is 12.1 Å². The molecule has 0 spiro atoms. The standard InChI is InChI=1S/C14H23N3O3/c1-11(2)17-10-15-7-12(17)8-16-4-5-20-13(9-16)6-14(18)19-3/h7,10-11,13H,4-6,8-9H2,1-3H3. The van der Waals surface area contributed by atoms with Crippen LogP contribution in [-0.4, -0.2) is 53.3 Å². The molecule has 0 aliphatic carbocycles. The molecule has 0 radical (unpaired) electrons. The summed E-state index contributed by atoms with van der Waals surface area (Å²) in [5.74, 6) is -0.218. The van der Waals surface area contributed by atoms with Crippen molar-refractivity contribution in [2.24, 2.45) is 0 Å². The highest BCUT2D eigenvalue weighted by atomic mass is 16.5. The quantitative estimate of drug-likeness (QED) is 0.760. The van der Waals surface area contributed by atoms with E-state index < -0.39 is 0 Å². The largest absolute Gasteiger partial charge is 0.469 e. The Morgan fingerprint density at radius 1 is 1.60 bits per heavy atom. The van der Waals surface area contributed by atoms with Gasteiger partial charge >= 0.3 is 5.97 Å². The van der Waals surface area contributed by atoms with E-state index in [2.05, 4.69) is 28.3 Å². The Morgan fingerprint density at radius 2 is 2.40 bits per heavy atom. The first-order valence-corrected chi connectivity index (χ1v) is 7.01. The van der Waals surface area contributed by atoms with Crippen molar-refractivity contribution >= 4 is 5.97 Å². The summed E-state index contributed by atoms with van der Waals surface area (Å²) in [6.07, 6.45) is 4.01. The molecular weight excluding hydrogens is 258 g/mol. The van der Waals surface area contributed by atoms with Gasteiger partial charge in [-0.1, -0.05) is 0 Å². The van der Waals surface area contributed by atoms with Gasteiger partial charge in [0, 0.05) is 31.9 Å². The molecule has 1 aliphatic rings. The lowest BCUT2D eigenvalue weighted by Gasteiger charge is -2.32. The fourth-order valence-electron chi connectivity index (χ4n) is 2.47. The van der Waals surface area contributed by atoms with E-state index in [0.717, 1.165) is 19.6 Å². The zero-order chi connectivity index (χ0) is 14.5. The second kappa shape index (κ2) is 6.85. The zero-order valence-corrected chi connectivity index (χ0v) is 12.4. The lowest BCUT2D eigenvalue weighted by atomic mass is 10.2. The first-order valence-electron chi connectivity index (χ1n) is 7.01. The summed E-state index contributed by atoms with van der Waals surface area (Å²) in [5.41, 5.74) is 1.19. The van der Waals surface area contributed by atoms with Crippen molar-refractivity contribution in [1.82, 2.24) is 14.5 Å². The minimum Gasteiger partial charge on any atom is -0.469 e. The third-order valence-electron chi connectivity index (χ3n) is 3.53. The first-order chi connectivity index (χ1) is 9.60. The Hall–Kier alpha value is -1.40. The van der Waals surface area contributed by atoms with Crippen LogP contribution in [0.1, 0.15) is 32.0 Å². The summed E-state index contributed by atoms with van der Waals surface area (Å²) < 4.78 is 12.5. The molecule has 1 saturated heterocycles. The number of esters is 1. The number of nitrogens with zero attached hydrogens (tertiary/aromatic N) is 3. The van der Waals surface area contributed by atoms with Gasteiger partial charge in [-0.2, -0.15) is 0 Å². The van der Waals surface area contributed by atoms with E-state index in [0.29, 0.717) is 19.1 Å². The molecule has 1 aromatic rings. The summed E-state index contributed by atoms with van der Waals surface area (Å²) in [5, 5.41) is 0. The number of methoxy groups -OCH3 is 1. The van der Waals surface area contributed by atoms with Crippen LogP contribution < -0.4 is 0 Å². The third-order valence-corrected chi connectivity index (χ3v) is 3.53. The Morgan fingerprint density at radius 3 is 3.10 bits per heavy atom. The van der Waals surface area contributed by atoms with Gasteiger partial charge in [0.1, 0.15) is 0 Å². The first kappa shape index (κ1) is 15.0. The normalized spacial score (nSPS) is 20.3. The summed E-state index contributed by atoms with van der Waals surface area (Å²) in [6.45, 7) is 7.39. The van der Waals surface area contributed by atoms with E-state index in [9.17, 15) is 4.79 Å². The molecule has 1 aliphatic heterocycles. The van der Waals surface area contributed by atoms with Crippen molar-refractivity contribution in [2.45, 2.75) is 39.0 Å². The molecule has 1 aromatic heterocycles. The molecular formula is C14H23N3O3. The van der Waals surface area contributed by atoms with Crippen LogP contribution in [-0.2, 0) is 20.8 Å². The average Bonchev–Trinajstić information content (AvgIpc) is 2.87. The van der Waals surface area contributed by atoms with E-state index in [1.54, 1.807) is 0 Å². The van der Waals surface area contributed by atoms with Crippen molar-refractivity contribution in [3.05, 3.63) is 18.2 Å². The predicted molar refractivity (Wildman–Crippen MR) is 74.3 cm³/mol. The van der Waals surface area contributed by atoms with E-state index in [1.165, 1.54) is 12.8 Å². The fourth-order valence-corrected chi connectivity index (χ4v) is 2.47. The minimum absolute atomic E-state index is 0.0772. The molecule has 1 atom stereocenters. The van der Waals surface area contributed by atoms with Crippen LogP contribution in [0.5, 0.6) is 0 Å². The summed E-state index contributed by atoms with van der Waals surface area (Å²) >= 11 is 0. The predicted octanol–water partition coefficient (Wildman–Crippen LogP) is 1.23. The highest BCUT2D eigenvalue weighted by molar-refractivity contribution is 5.69. The van der Waals surface area contributed by atoms with Crippen molar-refractivity contribution in [1.29, 1.82) is 0 Å². The van der Waals surface area contributed by atoms with Gasteiger partial charge in [-0.05, 0) is 13.8 Å². The molecule has 0 saturated carbocycles. The van der Waals surface area contributed by atoms with Crippen LogP contribution in [0, 0.1) is 0 Å². The maximum Gasteiger partial charge on any atom is 0.308 e. The second-order valence-electron chi connectivity index (χ2n) is 5.39. The molecule has 6 nitrogen and oxygen atoms in total. The van der Waals surface area contributed by atoms with Gasteiger partial charge in [-0.25, -0.2) is 4.98 Å². The van der Waals surface area contributed by atoms with Crippen molar-refractivity contribution in [3.8, 4) is 0 Å². The number of ether oxygens (including phenoxy) is 2. The molecule has 1 unspecified atom stereocenters. The molecule has 0 amide bonds. The van der Waals surface area contributed by atoms with E-state index in [4.69, 9.17) is 9.47 Å². The molecule has 0 bridgehead atoms. The monoisotopic (exact) mass is 281 g/mol. The maximum atomic E-state index is 11.3. The van der Waals surface area contributed by atoms with Gasteiger partial charge in [0.2, 0.25) is 0 Å². The number of hydrogen-bond acceptors (Lipinski definition) is 5. The molecule has 2 rings (SSSR count). The molecule has 6 heteroatoms. The second-order valence-corrected chi connectivity index (χ2v) is 5.39. The fraction of sp³-hybridized carbons (Fsp3) is 0.714. The number of hydrogen-bond donors (Lipinski definition) is 0. The number of carbonyl (C=O) groups excluding carboxylic acids is 1. The van der Waals surface area contributed by atoms with Crippen molar-refractivity contribution in [2.75, 3.05) is 26.8 Å². The smallest absolute Gasteiger partial charge is 0.308 e. The van der Waals surface area contributed by atoms with Crippen LogP contribution >= 0.6 is 0 Å².